The van der Waals surface area contributed by atoms with E-state index in [0.717, 1.165) is 18.6 Å². The van der Waals surface area contributed by atoms with E-state index in [-0.39, 0.29) is 0 Å². The monoisotopic (exact) mass is 225 g/mol. The Labute approximate surface area is 100 Å². The molecular formula is C14H27NO. The van der Waals surface area contributed by atoms with Gasteiger partial charge in [-0.05, 0) is 38.0 Å². The zero-order chi connectivity index (χ0) is 11.6. The van der Waals surface area contributed by atoms with Gasteiger partial charge in [-0.3, -0.25) is 4.90 Å². The molecule has 0 aromatic heterocycles. The highest BCUT2D eigenvalue weighted by Gasteiger charge is 2.48. The molecule has 0 spiro atoms. The number of rotatable bonds is 4. The van der Waals surface area contributed by atoms with Crippen molar-refractivity contribution < 1.29 is 4.74 Å². The fraction of sp³-hybridized carbons (Fsp3) is 1.00. The molecule has 2 nitrogen and oxygen atoms in total. The molecule has 0 amide bonds. The third-order valence-electron chi connectivity index (χ3n) is 4.47. The van der Waals surface area contributed by atoms with E-state index in [9.17, 15) is 0 Å². The second kappa shape index (κ2) is 5.05. The lowest BCUT2D eigenvalue weighted by molar-refractivity contribution is 0.0950. The highest BCUT2D eigenvalue weighted by atomic mass is 16.5. The first-order valence-electron chi connectivity index (χ1n) is 7.04. The summed E-state index contributed by atoms with van der Waals surface area (Å²) in [6, 6.07) is 0.939. The second-order valence-electron chi connectivity index (χ2n) is 5.70. The lowest BCUT2D eigenvalue weighted by Gasteiger charge is -2.30. The summed E-state index contributed by atoms with van der Waals surface area (Å²) in [4.78, 5) is 2.75. The zero-order valence-electron chi connectivity index (χ0n) is 11.2. The molecule has 94 valence electrons. The Hall–Kier alpha value is -0.0800. The van der Waals surface area contributed by atoms with E-state index in [1.807, 2.05) is 21.0 Å². The second-order valence-corrected chi connectivity index (χ2v) is 5.70. The average Bonchev–Trinajstić information content (AvgIpc) is 2.78. The molecule has 0 radical (unpaired) electrons. The van der Waals surface area contributed by atoms with Crippen molar-refractivity contribution in [3.8, 4) is 0 Å². The fourth-order valence-corrected chi connectivity index (χ4v) is 3.48. The third-order valence-corrected chi connectivity index (χ3v) is 4.47. The summed E-state index contributed by atoms with van der Waals surface area (Å²) in [6.07, 6.45) is 7.25. The lowest BCUT2D eigenvalue weighted by atomic mass is 10.1. The molecule has 16 heavy (non-hydrogen) atoms. The number of fused-ring (bicyclic) bond motifs is 2. The molecule has 0 aromatic rings. The number of likely N-dealkylation sites (tertiary alicyclic amines) is 1. The maximum atomic E-state index is 5.33. The van der Waals surface area contributed by atoms with E-state index in [0.29, 0.717) is 5.41 Å². The summed E-state index contributed by atoms with van der Waals surface area (Å²) < 4.78 is 5.33. The first-order valence-corrected chi connectivity index (χ1v) is 7.04. The van der Waals surface area contributed by atoms with E-state index < -0.39 is 0 Å². The van der Waals surface area contributed by atoms with Gasteiger partial charge in [0.25, 0.3) is 0 Å². The molecule has 2 atom stereocenters. The van der Waals surface area contributed by atoms with Crippen LogP contribution in [-0.2, 0) is 4.74 Å². The third kappa shape index (κ3) is 2.43. The van der Waals surface area contributed by atoms with Crippen molar-refractivity contribution in [2.24, 2.45) is 11.3 Å². The van der Waals surface area contributed by atoms with E-state index in [1.54, 1.807) is 0 Å². The predicted octanol–water partition coefficient (Wildman–Crippen LogP) is 2.92. The number of hydrogen-bond acceptors (Lipinski definition) is 2. The van der Waals surface area contributed by atoms with Gasteiger partial charge in [0.2, 0.25) is 0 Å². The Morgan fingerprint density at radius 1 is 1.25 bits per heavy atom. The number of nitrogens with zero attached hydrogens (tertiary/aromatic N) is 1. The van der Waals surface area contributed by atoms with Gasteiger partial charge in [0.1, 0.15) is 0 Å². The minimum absolute atomic E-state index is 0.569. The highest BCUT2D eigenvalue weighted by Crippen LogP contribution is 2.49. The van der Waals surface area contributed by atoms with Crippen LogP contribution in [-0.4, -0.2) is 37.7 Å². The van der Waals surface area contributed by atoms with Crippen molar-refractivity contribution in [3.05, 3.63) is 0 Å². The molecule has 2 bridgehead atoms. The first kappa shape index (κ1) is 12.4. The zero-order valence-corrected chi connectivity index (χ0v) is 11.2. The van der Waals surface area contributed by atoms with Crippen molar-refractivity contribution in [2.45, 2.75) is 52.0 Å². The van der Waals surface area contributed by atoms with Crippen LogP contribution in [0.2, 0.25) is 0 Å². The molecule has 2 aliphatic carbocycles. The maximum absolute atomic E-state index is 5.33. The molecule has 1 heterocycles. The maximum Gasteiger partial charge on any atom is 0.0530 e. The molecule has 0 N–H and O–H groups in total. The lowest BCUT2D eigenvalue weighted by Crippen LogP contribution is -2.38. The molecular weight excluding hydrogens is 198 g/mol. The predicted molar refractivity (Wildman–Crippen MR) is 67.6 cm³/mol. The summed E-state index contributed by atoms with van der Waals surface area (Å²) in [7, 11) is 1.84. The van der Waals surface area contributed by atoms with Crippen molar-refractivity contribution in [3.63, 3.8) is 0 Å². The van der Waals surface area contributed by atoms with Crippen molar-refractivity contribution in [2.75, 3.05) is 26.8 Å². The van der Waals surface area contributed by atoms with Crippen LogP contribution in [0.25, 0.3) is 0 Å². The van der Waals surface area contributed by atoms with Gasteiger partial charge >= 0.3 is 0 Å². The first-order chi connectivity index (χ1) is 7.81. The minimum atomic E-state index is 0.569. The fourth-order valence-electron chi connectivity index (χ4n) is 3.48. The molecule has 0 aromatic carbocycles. The Balaban J connectivity index is 0.000000457. The molecule has 2 unspecified atom stereocenters. The van der Waals surface area contributed by atoms with Crippen molar-refractivity contribution >= 4 is 0 Å². The smallest absolute Gasteiger partial charge is 0.0530 e. The van der Waals surface area contributed by atoms with Gasteiger partial charge in [0.15, 0.2) is 0 Å². The van der Waals surface area contributed by atoms with Crippen LogP contribution >= 0.6 is 0 Å². The quantitative estimate of drug-likeness (QED) is 0.729. The van der Waals surface area contributed by atoms with Crippen LogP contribution in [0, 0.1) is 11.3 Å². The number of methoxy groups -OCH3 is 1. The van der Waals surface area contributed by atoms with E-state index >= 15 is 0 Å². The molecule has 3 rings (SSSR count). The minimum Gasteiger partial charge on any atom is -0.384 e. The highest BCUT2D eigenvalue weighted by molar-refractivity contribution is 5.00. The Morgan fingerprint density at radius 3 is 2.44 bits per heavy atom. The SMILES string of the molecule is CC.COCC1(CN2CC3CCC2C3)CC1. The Kier molecular flexibility index (Phi) is 3.91. The van der Waals surface area contributed by atoms with Crippen molar-refractivity contribution in [1.82, 2.24) is 4.90 Å². The van der Waals surface area contributed by atoms with Gasteiger partial charge in [-0.15, -0.1) is 0 Å². The molecule has 1 saturated heterocycles. The van der Waals surface area contributed by atoms with Crippen LogP contribution in [0.15, 0.2) is 0 Å². The van der Waals surface area contributed by atoms with Gasteiger partial charge in [0, 0.05) is 31.7 Å². The molecule has 1 aliphatic heterocycles. The summed E-state index contributed by atoms with van der Waals surface area (Å²) in [5.74, 6) is 1.04. The summed E-state index contributed by atoms with van der Waals surface area (Å²) >= 11 is 0. The molecule has 3 aliphatic rings. The summed E-state index contributed by atoms with van der Waals surface area (Å²) in [5, 5.41) is 0. The molecule has 3 fully saturated rings. The normalized spacial score (nSPS) is 34.7. The van der Waals surface area contributed by atoms with E-state index in [4.69, 9.17) is 4.74 Å². The molecule has 2 saturated carbocycles. The van der Waals surface area contributed by atoms with Crippen LogP contribution in [0.1, 0.15) is 46.0 Å². The van der Waals surface area contributed by atoms with E-state index in [1.165, 1.54) is 45.2 Å². The van der Waals surface area contributed by atoms with Gasteiger partial charge in [-0.25, -0.2) is 0 Å². The van der Waals surface area contributed by atoms with Crippen LogP contribution in [0.5, 0.6) is 0 Å². The number of hydrogen-bond donors (Lipinski definition) is 0. The van der Waals surface area contributed by atoms with Gasteiger partial charge < -0.3 is 4.74 Å². The molecule has 2 heteroatoms. The van der Waals surface area contributed by atoms with Gasteiger partial charge in [0.05, 0.1) is 6.61 Å². The van der Waals surface area contributed by atoms with Gasteiger partial charge in [-0.1, -0.05) is 13.8 Å². The van der Waals surface area contributed by atoms with Crippen molar-refractivity contribution in [1.29, 1.82) is 0 Å². The summed E-state index contributed by atoms with van der Waals surface area (Å²) in [5.41, 5.74) is 0.569. The Morgan fingerprint density at radius 2 is 2.00 bits per heavy atom. The Bertz CT molecular complexity index is 225. The van der Waals surface area contributed by atoms with E-state index in [2.05, 4.69) is 4.90 Å². The van der Waals surface area contributed by atoms with Crippen LogP contribution < -0.4 is 0 Å². The van der Waals surface area contributed by atoms with Gasteiger partial charge in [-0.2, -0.15) is 0 Å². The topological polar surface area (TPSA) is 12.5 Å². The van der Waals surface area contributed by atoms with Crippen LogP contribution in [0.3, 0.4) is 0 Å². The number of piperidine rings is 1. The number of ether oxygens (including phenoxy) is 1. The average molecular weight is 225 g/mol. The van der Waals surface area contributed by atoms with Crippen LogP contribution in [0.4, 0.5) is 0 Å². The standard InChI is InChI=1S/C12H21NO.C2H6/c1-14-9-12(4-5-12)8-13-7-10-2-3-11(13)6-10;1-2/h10-11H,2-9H2,1H3;1-2H3. The summed E-state index contributed by atoms with van der Waals surface area (Å²) in [6.45, 7) is 7.69. The largest absolute Gasteiger partial charge is 0.384 e.